The summed E-state index contributed by atoms with van der Waals surface area (Å²) in [5.41, 5.74) is 1.46. The number of fused-ring (bicyclic) bond motifs is 1. The van der Waals surface area contributed by atoms with E-state index in [1.807, 2.05) is 6.07 Å². The third-order valence-electron chi connectivity index (χ3n) is 2.12. The van der Waals surface area contributed by atoms with Gasteiger partial charge in [-0.1, -0.05) is 0 Å². The van der Waals surface area contributed by atoms with E-state index in [4.69, 9.17) is 4.42 Å². The van der Waals surface area contributed by atoms with E-state index >= 15 is 0 Å². The van der Waals surface area contributed by atoms with Crippen molar-refractivity contribution in [3.63, 3.8) is 0 Å². The number of aromatic nitrogens is 3. The zero-order chi connectivity index (χ0) is 11.0. The van der Waals surface area contributed by atoms with E-state index in [1.165, 1.54) is 6.07 Å². The molecule has 0 saturated heterocycles. The van der Waals surface area contributed by atoms with E-state index in [-0.39, 0.29) is 0 Å². The van der Waals surface area contributed by atoms with Crippen LogP contribution in [0.3, 0.4) is 0 Å². The van der Waals surface area contributed by atoms with Gasteiger partial charge in [0.2, 0.25) is 11.6 Å². The Morgan fingerprint density at radius 1 is 1.25 bits per heavy atom. The second kappa shape index (κ2) is 3.37. The Hall–Kier alpha value is -2.30. The molecular weight excluding hydrogens is 209 g/mol. The molecule has 0 saturated carbocycles. The van der Waals surface area contributed by atoms with Gasteiger partial charge in [-0.25, -0.2) is 14.4 Å². The van der Waals surface area contributed by atoms with E-state index in [2.05, 4.69) is 15.0 Å². The van der Waals surface area contributed by atoms with Crippen LogP contribution in [0.5, 0.6) is 0 Å². The lowest BCUT2D eigenvalue weighted by Crippen LogP contribution is -1.78. The molecule has 16 heavy (non-hydrogen) atoms. The minimum Gasteiger partial charge on any atom is -0.418 e. The van der Waals surface area contributed by atoms with Gasteiger partial charge in [0.15, 0.2) is 0 Å². The minimum atomic E-state index is -0.432. The van der Waals surface area contributed by atoms with Crippen LogP contribution in [0.1, 0.15) is 0 Å². The van der Waals surface area contributed by atoms with Gasteiger partial charge >= 0.3 is 0 Å². The molecule has 0 N–H and O–H groups in total. The van der Waals surface area contributed by atoms with Crippen LogP contribution < -0.4 is 0 Å². The van der Waals surface area contributed by atoms with Crippen molar-refractivity contribution < 1.29 is 8.81 Å². The molecule has 0 amide bonds. The monoisotopic (exact) mass is 215 g/mol. The maximum absolute atomic E-state index is 12.9. The van der Waals surface area contributed by atoms with E-state index in [9.17, 15) is 4.39 Å². The number of nitrogens with zero attached hydrogens (tertiary/aromatic N) is 3. The Labute approximate surface area is 89.8 Å². The van der Waals surface area contributed by atoms with Crippen LogP contribution in [0.4, 0.5) is 4.39 Å². The molecule has 0 aromatic carbocycles. The SMILES string of the molecule is Fc1cnc2oc(-c3cccnc3)nc2c1. The molecule has 4 nitrogen and oxygen atoms in total. The standard InChI is InChI=1S/C11H6FN3O/c12-8-4-9-11(14-6-8)16-10(15-9)7-2-1-3-13-5-7/h1-6H. The molecule has 3 rings (SSSR count). The van der Waals surface area contributed by atoms with Crippen molar-refractivity contribution in [3.05, 3.63) is 42.6 Å². The summed E-state index contributed by atoms with van der Waals surface area (Å²) in [6, 6.07) is 4.87. The highest BCUT2D eigenvalue weighted by Gasteiger charge is 2.09. The van der Waals surface area contributed by atoms with Crippen molar-refractivity contribution >= 4 is 11.2 Å². The summed E-state index contributed by atoms with van der Waals surface area (Å²) in [6.45, 7) is 0. The first-order chi connectivity index (χ1) is 7.83. The molecule has 3 aromatic rings. The smallest absolute Gasteiger partial charge is 0.247 e. The van der Waals surface area contributed by atoms with Crippen molar-refractivity contribution in [2.24, 2.45) is 0 Å². The average Bonchev–Trinajstić information content (AvgIpc) is 2.73. The van der Waals surface area contributed by atoms with Crippen LogP contribution >= 0.6 is 0 Å². The average molecular weight is 215 g/mol. The Morgan fingerprint density at radius 2 is 2.19 bits per heavy atom. The van der Waals surface area contributed by atoms with Gasteiger partial charge in [0.05, 0.1) is 11.8 Å². The summed E-state index contributed by atoms with van der Waals surface area (Å²) in [5.74, 6) is -0.0419. The van der Waals surface area contributed by atoms with Crippen molar-refractivity contribution in [1.29, 1.82) is 0 Å². The fourth-order valence-corrected chi connectivity index (χ4v) is 1.41. The van der Waals surface area contributed by atoms with E-state index in [0.717, 1.165) is 11.8 Å². The van der Waals surface area contributed by atoms with Gasteiger partial charge in [-0.3, -0.25) is 4.98 Å². The predicted octanol–water partition coefficient (Wildman–Crippen LogP) is 2.42. The van der Waals surface area contributed by atoms with Gasteiger partial charge < -0.3 is 4.42 Å². The van der Waals surface area contributed by atoms with Crippen LogP contribution in [0.2, 0.25) is 0 Å². The summed E-state index contributed by atoms with van der Waals surface area (Å²) < 4.78 is 18.3. The molecule has 0 aliphatic carbocycles. The van der Waals surface area contributed by atoms with E-state index < -0.39 is 5.82 Å². The summed E-state index contributed by atoms with van der Waals surface area (Å²) in [4.78, 5) is 11.9. The summed E-state index contributed by atoms with van der Waals surface area (Å²) >= 11 is 0. The third kappa shape index (κ3) is 1.42. The predicted molar refractivity (Wildman–Crippen MR) is 55.0 cm³/mol. The molecule has 0 aliphatic heterocycles. The molecule has 0 radical (unpaired) electrons. The molecule has 0 unspecified atom stereocenters. The topological polar surface area (TPSA) is 51.8 Å². The molecule has 78 valence electrons. The Kier molecular flexibility index (Phi) is 1.89. The van der Waals surface area contributed by atoms with Crippen LogP contribution in [0.25, 0.3) is 22.7 Å². The maximum atomic E-state index is 12.9. The number of halogens is 1. The third-order valence-corrected chi connectivity index (χ3v) is 2.12. The first kappa shape index (κ1) is 8.96. The molecule has 0 fully saturated rings. The maximum Gasteiger partial charge on any atom is 0.247 e. The molecule has 0 atom stereocenters. The largest absolute Gasteiger partial charge is 0.418 e. The number of rotatable bonds is 1. The van der Waals surface area contributed by atoms with Crippen LogP contribution in [-0.4, -0.2) is 15.0 Å². The molecule has 5 heteroatoms. The molecule has 3 heterocycles. The fraction of sp³-hybridized carbons (Fsp3) is 0. The van der Waals surface area contributed by atoms with Crippen LogP contribution in [0, 0.1) is 5.82 Å². The first-order valence-electron chi connectivity index (χ1n) is 4.65. The molecule has 0 aliphatic rings. The van der Waals surface area contributed by atoms with E-state index in [0.29, 0.717) is 17.1 Å². The van der Waals surface area contributed by atoms with Gasteiger partial charge in [-0.05, 0) is 12.1 Å². The zero-order valence-corrected chi connectivity index (χ0v) is 8.09. The zero-order valence-electron chi connectivity index (χ0n) is 8.09. The number of hydrogen-bond donors (Lipinski definition) is 0. The van der Waals surface area contributed by atoms with Crippen molar-refractivity contribution in [2.45, 2.75) is 0 Å². The van der Waals surface area contributed by atoms with Crippen molar-refractivity contribution in [2.75, 3.05) is 0 Å². The van der Waals surface area contributed by atoms with Gasteiger partial charge in [0.1, 0.15) is 11.3 Å². The van der Waals surface area contributed by atoms with E-state index in [1.54, 1.807) is 18.5 Å². The van der Waals surface area contributed by atoms with Crippen molar-refractivity contribution in [1.82, 2.24) is 15.0 Å². The minimum absolute atomic E-state index is 0.320. The number of oxazole rings is 1. The second-order valence-electron chi connectivity index (χ2n) is 3.24. The summed E-state index contributed by atoms with van der Waals surface area (Å²) in [6.07, 6.45) is 4.38. The highest BCUT2D eigenvalue weighted by Crippen LogP contribution is 2.22. The normalized spacial score (nSPS) is 10.8. The lowest BCUT2D eigenvalue weighted by Gasteiger charge is -1.90. The lowest BCUT2D eigenvalue weighted by atomic mass is 10.3. The summed E-state index contributed by atoms with van der Waals surface area (Å²) in [5, 5.41) is 0. The second-order valence-corrected chi connectivity index (χ2v) is 3.24. The van der Waals surface area contributed by atoms with Crippen LogP contribution in [0.15, 0.2) is 41.2 Å². The van der Waals surface area contributed by atoms with Gasteiger partial charge in [-0.2, -0.15) is 0 Å². The lowest BCUT2D eigenvalue weighted by molar-refractivity contribution is 0.597. The first-order valence-corrected chi connectivity index (χ1v) is 4.65. The summed E-state index contributed by atoms with van der Waals surface area (Å²) in [7, 11) is 0. The molecule has 3 aromatic heterocycles. The van der Waals surface area contributed by atoms with Crippen molar-refractivity contribution in [3.8, 4) is 11.5 Å². The number of hydrogen-bond acceptors (Lipinski definition) is 4. The number of pyridine rings is 2. The Balaban J connectivity index is 2.19. The molecular formula is C11H6FN3O. The highest BCUT2D eigenvalue weighted by molar-refractivity contribution is 5.72. The Morgan fingerprint density at radius 3 is 3.00 bits per heavy atom. The van der Waals surface area contributed by atoms with Gasteiger partial charge in [-0.15, -0.1) is 0 Å². The quantitative estimate of drug-likeness (QED) is 0.625. The molecule has 0 bridgehead atoms. The van der Waals surface area contributed by atoms with Gasteiger partial charge in [0, 0.05) is 18.5 Å². The van der Waals surface area contributed by atoms with Gasteiger partial charge in [0.25, 0.3) is 0 Å². The fourth-order valence-electron chi connectivity index (χ4n) is 1.41. The highest BCUT2D eigenvalue weighted by atomic mass is 19.1. The van der Waals surface area contributed by atoms with Crippen LogP contribution in [-0.2, 0) is 0 Å². The molecule has 0 spiro atoms. The Bertz CT molecular complexity index is 636.